The summed E-state index contributed by atoms with van der Waals surface area (Å²) in [6.45, 7) is 3.68. The number of sulfonamides is 1. The molecule has 1 aliphatic heterocycles. The van der Waals surface area contributed by atoms with Gasteiger partial charge >= 0.3 is 6.03 Å². The summed E-state index contributed by atoms with van der Waals surface area (Å²) in [6, 6.07) is 3.98. The predicted molar refractivity (Wildman–Crippen MR) is 78.5 cm³/mol. The van der Waals surface area contributed by atoms with Crippen molar-refractivity contribution in [2.45, 2.75) is 18.2 Å². The molecule has 1 fully saturated rings. The zero-order valence-electron chi connectivity index (χ0n) is 11.8. The van der Waals surface area contributed by atoms with E-state index in [1.807, 2.05) is 0 Å². The smallest absolute Gasteiger partial charge is 0.319 e. The fraction of sp³-hybridized carbons (Fsp3) is 0.462. The van der Waals surface area contributed by atoms with Gasteiger partial charge in [0, 0.05) is 24.8 Å². The molecule has 4 N–H and O–H groups in total. The van der Waals surface area contributed by atoms with E-state index in [4.69, 9.17) is 9.88 Å². The fourth-order valence-corrected chi connectivity index (χ4v) is 2.60. The summed E-state index contributed by atoms with van der Waals surface area (Å²) in [5.41, 5.74) is 1.17. The number of anilines is 1. The number of benzene rings is 1. The lowest BCUT2D eigenvalue weighted by atomic mass is 10.1. The molecule has 1 saturated heterocycles. The minimum atomic E-state index is -3.79. The van der Waals surface area contributed by atoms with Crippen LogP contribution in [-0.2, 0) is 14.8 Å². The van der Waals surface area contributed by atoms with Gasteiger partial charge in [0.15, 0.2) is 0 Å². The van der Waals surface area contributed by atoms with E-state index in [-0.39, 0.29) is 10.9 Å². The Hall–Kier alpha value is -1.64. The Kier molecular flexibility index (Phi) is 4.81. The highest BCUT2D eigenvalue weighted by atomic mass is 32.2. The summed E-state index contributed by atoms with van der Waals surface area (Å²) in [5.74, 6) is 0.326. The van der Waals surface area contributed by atoms with Gasteiger partial charge in [0.2, 0.25) is 10.0 Å². The average Bonchev–Trinajstić information content (AvgIpc) is 2.91. The highest BCUT2D eigenvalue weighted by molar-refractivity contribution is 7.89. The molecular weight excluding hydrogens is 294 g/mol. The van der Waals surface area contributed by atoms with Crippen LogP contribution >= 0.6 is 0 Å². The first kappa shape index (κ1) is 15.7. The molecule has 0 bridgehead atoms. The van der Waals surface area contributed by atoms with Crippen LogP contribution in [0.5, 0.6) is 0 Å². The molecule has 1 unspecified atom stereocenters. The fourth-order valence-electron chi connectivity index (χ4n) is 2.06. The number of aryl methyl sites for hydroxylation is 1. The van der Waals surface area contributed by atoms with Crippen LogP contribution in [0.25, 0.3) is 0 Å². The van der Waals surface area contributed by atoms with Crippen molar-refractivity contribution in [3.05, 3.63) is 23.8 Å². The Morgan fingerprint density at radius 1 is 1.48 bits per heavy atom. The third-order valence-electron chi connectivity index (χ3n) is 3.36. The molecule has 1 atom stereocenters. The molecule has 0 saturated carbocycles. The van der Waals surface area contributed by atoms with Crippen LogP contribution in [0.2, 0.25) is 0 Å². The Morgan fingerprint density at radius 3 is 2.86 bits per heavy atom. The van der Waals surface area contributed by atoms with E-state index in [2.05, 4.69) is 10.6 Å². The lowest BCUT2D eigenvalue weighted by Gasteiger charge is -2.13. The molecule has 7 nitrogen and oxygen atoms in total. The van der Waals surface area contributed by atoms with Crippen molar-refractivity contribution in [1.29, 1.82) is 0 Å². The molecular formula is C13H19N3O4S. The highest BCUT2D eigenvalue weighted by Crippen LogP contribution is 2.19. The van der Waals surface area contributed by atoms with Crippen molar-refractivity contribution < 1.29 is 17.9 Å². The maximum absolute atomic E-state index is 11.8. The van der Waals surface area contributed by atoms with Gasteiger partial charge in [0.1, 0.15) is 0 Å². The molecule has 0 radical (unpaired) electrons. The summed E-state index contributed by atoms with van der Waals surface area (Å²) in [7, 11) is -3.79. The van der Waals surface area contributed by atoms with Gasteiger partial charge in [0.05, 0.1) is 11.5 Å². The van der Waals surface area contributed by atoms with Gasteiger partial charge in [-0.05, 0) is 31.0 Å². The van der Waals surface area contributed by atoms with Crippen LogP contribution < -0.4 is 15.8 Å². The molecule has 0 aliphatic carbocycles. The molecule has 1 aromatic carbocycles. The average molecular weight is 313 g/mol. The molecule has 1 aliphatic rings. The molecule has 1 heterocycles. The van der Waals surface area contributed by atoms with Crippen molar-refractivity contribution in [3.63, 3.8) is 0 Å². The van der Waals surface area contributed by atoms with E-state index in [1.54, 1.807) is 13.0 Å². The number of hydrogen-bond donors (Lipinski definition) is 3. The first-order chi connectivity index (χ1) is 9.86. The number of carbonyl (C=O) groups excluding carboxylic acids is 1. The van der Waals surface area contributed by atoms with Crippen LogP contribution in [-0.4, -0.2) is 34.2 Å². The summed E-state index contributed by atoms with van der Waals surface area (Å²) < 4.78 is 27.9. The number of urea groups is 1. The normalized spacial score (nSPS) is 18.5. The predicted octanol–water partition coefficient (Wildman–Crippen LogP) is 0.800. The lowest BCUT2D eigenvalue weighted by molar-refractivity contribution is 0.185. The highest BCUT2D eigenvalue weighted by Gasteiger charge is 2.17. The van der Waals surface area contributed by atoms with Gasteiger partial charge in [-0.25, -0.2) is 18.4 Å². The molecule has 2 amide bonds. The second-order valence-electron chi connectivity index (χ2n) is 5.09. The van der Waals surface area contributed by atoms with Crippen LogP contribution in [0, 0.1) is 12.8 Å². The van der Waals surface area contributed by atoms with Gasteiger partial charge in [0.25, 0.3) is 0 Å². The van der Waals surface area contributed by atoms with E-state index in [9.17, 15) is 13.2 Å². The van der Waals surface area contributed by atoms with E-state index >= 15 is 0 Å². The molecule has 0 spiro atoms. The number of nitrogens with one attached hydrogen (secondary N) is 2. The van der Waals surface area contributed by atoms with Gasteiger partial charge < -0.3 is 15.4 Å². The molecule has 0 aromatic heterocycles. The minimum Gasteiger partial charge on any atom is -0.381 e. The monoisotopic (exact) mass is 313 g/mol. The number of hydrogen-bond acceptors (Lipinski definition) is 4. The van der Waals surface area contributed by atoms with E-state index < -0.39 is 10.0 Å². The van der Waals surface area contributed by atoms with Gasteiger partial charge in [-0.1, -0.05) is 6.07 Å². The summed E-state index contributed by atoms with van der Waals surface area (Å²) >= 11 is 0. The van der Waals surface area contributed by atoms with Gasteiger partial charge in [-0.15, -0.1) is 0 Å². The second kappa shape index (κ2) is 6.42. The van der Waals surface area contributed by atoms with E-state index in [0.29, 0.717) is 24.8 Å². The van der Waals surface area contributed by atoms with Crippen molar-refractivity contribution in [1.82, 2.24) is 5.32 Å². The molecule has 21 heavy (non-hydrogen) atoms. The van der Waals surface area contributed by atoms with Crippen LogP contribution in [0.15, 0.2) is 23.1 Å². The molecule has 8 heteroatoms. The number of ether oxygens (including phenoxy) is 1. The lowest BCUT2D eigenvalue weighted by Crippen LogP contribution is -2.33. The minimum absolute atomic E-state index is 0.0346. The second-order valence-corrected chi connectivity index (χ2v) is 6.65. The van der Waals surface area contributed by atoms with E-state index in [1.165, 1.54) is 12.1 Å². The standard InChI is InChI=1S/C13H19N3O4S/c1-9-2-3-11(21(14,18)19)6-12(9)16-13(17)15-7-10-4-5-20-8-10/h2-3,6,10H,4-5,7-8H2,1H3,(H2,14,18,19)(H2,15,16,17). The third-order valence-corrected chi connectivity index (χ3v) is 4.27. The van der Waals surface area contributed by atoms with Crippen LogP contribution in [0.4, 0.5) is 10.5 Å². The Balaban J connectivity index is 1.99. The Bertz CT molecular complexity index is 624. The first-order valence-corrected chi connectivity index (χ1v) is 8.17. The molecule has 2 rings (SSSR count). The number of primary sulfonamides is 1. The van der Waals surface area contributed by atoms with Crippen LogP contribution in [0.3, 0.4) is 0 Å². The maximum atomic E-state index is 11.8. The topological polar surface area (TPSA) is 111 Å². The van der Waals surface area contributed by atoms with Crippen molar-refractivity contribution in [2.75, 3.05) is 25.1 Å². The summed E-state index contributed by atoms with van der Waals surface area (Å²) in [4.78, 5) is 11.8. The Morgan fingerprint density at radius 2 is 2.24 bits per heavy atom. The van der Waals surface area contributed by atoms with Gasteiger partial charge in [-0.3, -0.25) is 0 Å². The quantitative estimate of drug-likeness (QED) is 0.763. The maximum Gasteiger partial charge on any atom is 0.319 e. The SMILES string of the molecule is Cc1ccc(S(N)(=O)=O)cc1NC(=O)NCC1CCOC1. The van der Waals surface area contributed by atoms with Crippen molar-refractivity contribution in [2.24, 2.45) is 11.1 Å². The summed E-state index contributed by atoms with van der Waals surface area (Å²) in [5, 5.41) is 10.5. The third kappa shape index (κ3) is 4.42. The van der Waals surface area contributed by atoms with Gasteiger partial charge in [-0.2, -0.15) is 0 Å². The number of amides is 2. The zero-order chi connectivity index (χ0) is 15.5. The zero-order valence-corrected chi connectivity index (χ0v) is 12.6. The molecule has 116 valence electrons. The number of nitrogens with two attached hydrogens (primary N) is 1. The van der Waals surface area contributed by atoms with Crippen molar-refractivity contribution >= 4 is 21.7 Å². The Labute approximate surface area is 123 Å². The number of carbonyl (C=O) groups is 1. The van der Waals surface area contributed by atoms with Crippen LogP contribution in [0.1, 0.15) is 12.0 Å². The number of rotatable bonds is 4. The van der Waals surface area contributed by atoms with Crippen molar-refractivity contribution in [3.8, 4) is 0 Å². The molecule has 1 aromatic rings. The summed E-state index contributed by atoms with van der Waals surface area (Å²) in [6.07, 6.45) is 0.931. The first-order valence-electron chi connectivity index (χ1n) is 6.62. The largest absolute Gasteiger partial charge is 0.381 e. The van der Waals surface area contributed by atoms with E-state index in [0.717, 1.165) is 18.6 Å².